The highest BCUT2D eigenvalue weighted by Crippen LogP contribution is 2.25. The molecule has 0 aliphatic rings. The Morgan fingerprint density at radius 3 is 2.72 bits per heavy atom. The Kier molecular flexibility index (Phi) is 6.83. The fourth-order valence-corrected chi connectivity index (χ4v) is 2.32. The molecule has 2 aromatic rings. The van der Waals surface area contributed by atoms with Gasteiger partial charge in [0.25, 0.3) is 0 Å². The molecule has 0 radical (unpaired) electrons. The maximum Gasteiger partial charge on any atom is 0.341 e. The molecule has 1 heterocycles. The van der Waals surface area contributed by atoms with E-state index in [0.29, 0.717) is 17.9 Å². The highest BCUT2D eigenvalue weighted by molar-refractivity contribution is 5.93. The lowest BCUT2D eigenvalue weighted by Gasteiger charge is -2.13. The SMILES string of the molecule is C=C(CC)c1ccn(-c2ccc(C(=O)OCCC)c(OCOC)c2)c1. The van der Waals surface area contributed by atoms with E-state index in [1.54, 1.807) is 12.1 Å². The molecule has 0 saturated heterocycles. The average molecular weight is 343 g/mol. The van der Waals surface area contributed by atoms with Gasteiger partial charge in [-0.3, -0.25) is 0 Å². The molecule has 5 heteroatoms. The molecule has 0 unspecified atom stereocenters. The standard InChI is InChI=1S/C20H25NO4/c1-5-11-24-20(22)18-8-7-17(12-19(18)25-14-23-4)21-10-9-16(13-21)15(3)6-2/h7-10,12-13H,3,5-6,11,14H2,1-2,4H3. The van der Waals surface area contributed by atoms with Crippen LogP contribution >= 0.6 is 0 Å². The molecule has 1 aromatic carbocycles. The van der Waals surface area contributed by atoms with Gasteiger partial charge >= 0.3 is 5.97 Å². The van der Waals surface area contributed by atoms with Gasteiger partial charge in [0.2, 0.25) is 0 Å². The van der Waals surface area contributed by atoms with Crippen LogP contribution < -0.4 is 4.74 Å². The summed E-state index contributed by atoms with van der Waals surface area (Å²) in [5.74, 6) is 0.0390. The summed E-state index contributed by atoms with van der Waals surface area (Å²) in [6.45, 7) is 8.52. The third-order valence-electron chi connectivity index (χ3n) is 3.78. The lowest BCUT2D eigenvalue weighted by atomic mass is 10.1. The number of rotatable bonds is 9. The van der Waals surface area contributed by atoms with E-state index in [1.807, 2.05) is 36.0 Å². The van der Waals surface area contributed by atoms with Crippen LogP contribution in [0, 0.1) is 0 Å². The molecule has 0 aliphatic carbocycles. The Bertz CT molecular complexity index is 733. The Morgan fingerprint density at radius 1 is 1.24 bits per heavy atom. The van der Waals surface area contributed by atoms with Gasteiger partial charge < -0.3 is 18.8 Å². The molecule has 0 spiro atoms. The molecule has 2 rings (SSSR count). The van der Waals surface area contributed by atoms with Crippen LogP contribution in [0.15, 0.2) is 43.2 Å². The summed E-state index contributed by atoms with van der Waals surface area (Å²) in [7, 11) is 1.54. The first-order valence-corrected chi connectivity index (χ1v) is 8.40. The highest BCUT2D eigenvalue weighted by atomic mass is 16.7. The van der Waals surface area contributed by atoms with E-state index in [9.17, 15) is 4.79 Å². The predicted molar refractivity (Wildman–Crippen MR) is 98.2 cm³/mol. The van der Waals surface area contributed by atoms with Crippen molar-refractivity contribution >= 4 is 11.5 Å². The molecule has 0 fully saturated rings. The molecular weight excluding hydrogens is 318 g/mol. The van der Waals surface area contributed by atoms with Gasteiger partial charge in [-0.1, -0.05) is 20.4 Å². The fraction of sp³-hybridized carbons (Fsp3) is 0.350. The number of hydrogen-bond donors (Lipinski definition) is 0. The summed E-state index contributed by atoms with van der Waals surface area (Å²) in [5, 5.41) is 0. The zero-order chi connectivity index (χ0) is 18.2. The van der Waals surface area contributed by atoms with Crippen molar-refractivity contribution in [2.45, 2.75) is 26.7 Å². The van der Waals surface area contributed by atoms with Crippen molar-refractivity contribution in [2.75, 3.05) is 20.5 Å². The Labute approximate surface area is 148 Å². The summed E-state index contributed by atoms with van der Waals surface area (Å²) in [6, 6.07) is 7.40. The van der Waals surface area contributed by atoms with Gasteiger partial charge in [-0.25, -0.2) is 4.79 Å². The second-order valence-corrected chi connectivity index (χ2v) is 5.63. The number of carbonyl (C=O) groups excluding carboxylic acids is 1. The van der Waals surface area contributed by atoms with Gasteiger partial charge in [0.15, 0.2) is 6.79 Å². The van der Waals surface area contributed by atoms with E-state index in [1.165, 1.54) is 7.11 Å². The van der Waals surface area contributed by atoms with Crippen LogP contribution in [-0.4, -0.2) is 31.0 Å². The number of esters is 1. The fourth-order valence-electron chi connectivity index (χ4n) is 2.32. The molecule has 134 valence electrons. The lowest BCUT2D eigenvalue weighted by molar-refractivity contribution is 0.0427. The van der Waals surface area contributed by atoms with Crippen molar-refractivity contribution < 1.29 is 19.0 Å². The van der Waals surface area contributed by atoms with E-state index < -0.39 is 5.97 Å². The number of allylic oxidation sites excluding steroid dienone is 1. The van der Waals surface area contributed by atoms with Crippen LogP contribution in [0.3, 0.4) is 0 Å². The van der Waals surface area contributed by atoms with Crippen molar-refractivity contribution in [3.05, 3.63) is 54.4 Å². The largest absolute Gasteiger partial charge is 0.467 e. The maximum atomic E-state index is 12.2. The molecule has 1 aromatic heterocycles. The van der Waals surface area contributed by atoms with E-state index in [4.69, 9.17) is 14.2 Å². The number of hydrogen-bond acceptors (Lipinski definition) is 4. The topological polar surface area (TPSA) is 49.7 Å². The third kappa shape index (κ3) is 4.73. The molecule has 0 aliphatic heterocycles. The van der Waals surface area contributed by atoms with Gasteiger partial charge in [0.05, 0.1) is 6.61 Å². The molecule has 25 heavy (non-hydrogen) atoms. The minimum absolute atomic E-state index is 0.0566. The van der Waals surface area contributed by atoms with Gasteiger partial charge in [0, 0.05) is 31.3 Å². The summed E-state index contributed by atoms with van der Waals surface area (Å²) in [4.78, 5) is 12.2. The first kappa shape index (κ1) is 18.8. The van der Waals surface area contributed by atoms with E-state index >= 15 is 0 Å². The predicted octanol–water partition coefficient (Wildman–Crippen LogP) is 4.45. The van der Waals surface area contributed by atoms with Crippen LogP contribution in [0.4, 0.5) is 0 Å². The molecule has 0 atom stereocenters. The Morgan fingerprint density at radius 2 is 2.04 bits per heavy atom. The summed E-state index contributed by atoms with van der Waals surface area (Å²) in [5.41, 5.74) is 3.44. The van der Waals surface area contributed by atoms with Crippen molar-refractivity contribution in [3.8, 4) is 11.4 Å². The van der Waals surface area contributed by atoms with Crippen molar-refractivity contribution in [2.24, 2.45) is 0 Å². The quantitative estimate of drug-likeness (QED) is 0.498. The van der Waals surface area contributed by atoms with Crippen molar-refractivity contribution in [1.82, 2.24) is 4.57 Å². The van der Waals surface area contributed by atoms with Crippen LogP contribution in [0.2, 0.25) is 0 Å². The van der Waals surface area contributed by atoms with E-state index in [0.717, 1.165) is 29.7 Å². The number of aromatic nitrogens is 1. The molecule has 0 amide bonds. The zero-order valence-corrected chi connectivity index (χ0v) is 15.1. The molecule has 0 saturated carbocycles. The monoisotopic (exact) mass is 343 g/mol. The molecule has 0 bridgehead atoms. The van der Waals surface area contributed by atoms with Gasteiger partial charge in [-0.2, -0.15) is 0 Å². The Balaban J connectivity index is 2.32. The first-order valence-electron chi connectivity index (χ1n) is 8.40. The van der Waals surface area contributed by atoms with Gasteiger partial charge in [-0.05, 0) is 42.2 Å². The molecular formula is C20H25NO4. The van der Waals surface area contributed by atoms with Crippen molar-refractivity contribution in [1.29, 1.82) is 0 Å². The Hall–Kier alpha value is -2.53. The molecule has 0 N–H and O–H groups in total. The third-order valence-corrected chi connectivity index (χ3v) is 3.78. The number of methoxy groups -OCH3 is 1. The van der Waals surface area contributed by atoms with E-state index in [-0.39, 0.29) is 6.79 Å². The first-order chi connectivity index (χ1) is 12.1. The average Bonchev–Trinajstić information content (AvgIpc) is 3.13. The number of nitrogens with zero attached hydrogens (tertiary/aromatic N) is 1. The van der Waals surface area contributed by atoms with Crippen molar-refractivity contribution in [3.63, 3.8) is 0 Å². The second-order valence-electron chi connectivity index (χ2n) is 5.63. The van der Waals surface area contributed by atoms with Crippen LogP contribution in [0.1, 0.15) is 42.6 Å². The van der Waals surface area contributed by atoms with Crippen LogP contribution in [0.25, 0.3) is 11.3 Å². The number of benzene rings is 1. The van der Waals surface area contributed by atoms with Crippen LogP contribution in [0.5, 0.6) is 5.75 Å². The van der Waals surface area contributed by atoms with Gasteiger partial charge in [0.1, 0.15) is 11.3 Å². The van der Waals surface area contributed by atoms with E-state index in [2.05, 4.69) is 13.5 Å². The minimum atomic E-state index is -0.396. The second kappa shape index (κ2) is 9.08. The maximum absolute atomic E-state index is 12.2. The zero-order valence-electron chi connectivity index (χ0n) is 15.1. The number of ether oxygens (including phenoxy) is 3. The number of carbonyl (C=O) groups is 1. The summed E-state index contributed by atoms with van der Waals surface area (Å²) >= 11 is 0. The summed E-state index contributed by atoms with van der Waals surface area (Å²) in [6.07, 6.45) is 5.64. The lowest BCUT2D eigenvalue weighted by Crippen LogP contribution is -2.10. The smallest absolute Gasteiger partial charge is 0.341 e. The van der Waals surface area contributed by atoms with Gasteiger partial charge in [-0.15, -0.1) is 0 Å². The highest BCUT2D eigenvalue weighted by Gasteiger charge is 2.15. The summed E-state index contributed by atoms with van der Waals surface area (Å²) < 4.78 is 17.7. The minimum Gasteiger partial charge on any atom is -0.467 e. The van der Waals surface area contributed by atoms with Crippen LogP contribution in [-0.2, 0) is 9.47 Å². The molecule has 5 nitrogen and oxygen atoms in total. The normalized spacial score (nSPS) is 10.5.